The number of carbonyl (C=O) groups excluding carboxylic acids is 2. The number of hydrogen-bond donors (Lipinski definition) is 0. The first-order valence-corrected chi connectivity index (χ1v) is 8.71. The summed E-state index contributed by atoms with van der Waals surface area (Å²) in [6, 6.07) is 9.51. The Morgan fingerprint density at radius 3 is 2.60 bits per heavy atom. The van der Waals surface area contributed by atoms with E-state index in [1.54, 1.807) is 13.8 Å². The third kappa shape index (κ3) is 2.18. The smallest absolute Gasteiger partial charge is 0.323 e. The average Bonchev–Trinajstić information content (AvgIpc) is 2.80. The van der Waals surface area contributed by atoms with E-state index in [0.29, 0.717) is 13.0 Å². The van der Waals surface area contributed by atoms with Crippen molar-refractivity contribution in [1.82, 2.24) is 0 Å². The van der Waals surface area contributed by atoms with Crippen LogP contribution in [0, 0.1) is 11.3 Å². The quantitative estimate of drug-likeness (QED) is 0.469. The number of allylic oxidation sites excluding steroid dienone is 1. The predicted octanol–water partition coefficient (Wildman–Crippen LogP) is 3.05. The lowest BCUT2D eigenvalue weighted by molar-refractivity contribution is -0.176. The van der Waals surface area contributed by atoms with Gasteiger partial charge < -0.3 is 9.47 Å². The Balaban J connectivity index is 2.22. The van der Waals surface area contributed by atoms with Crippen molar-refractivity contribution in [3.63, 3.8) is 0 Å². The van der Waals surface area contributed by atoms with Gasteiger partial charge in [-0.1, -0.05) is 42.5 Å². The van der Waals surface area contributed by atoms with Crippen LogP contribution in [-0.2, 0) is 24.6 Å². The van der Waals surface area contributed by atoms with Crippen LogP contribution < -0.4 is 0 Å². The van der Waals surface area contributed by atoms with Crippen molar-refractivity contribution in [3.05, 3.63) is 48.0 Å². The zero-order valence-corrected chi connectivity index (χ0v) is 14.8. The van der Waals surface area contributed by atoms with Crippen molar-refractivity contribution >= 4 is 17.7 Å². The zero-order valence-electron chi connectivity index (χ0n) is 14.8. The topological polar surface area (TPSA) is 65.0 Å². The molecule has 0 saturated heterocycles. The SMILES string of the molecule is C/C=C\[C@H]1C[C@@]2(C(=O)OCC)C(=O)C(OCC)=N[C@@]12c1ccccc1. The Hall–Kier alpha value is -2.43. The molecular weight excluding hydrogens is 318 g/mol. The Bertz CT molecular complexity index is 739. The van der Waals surface area contributed by atoms with Crippen molar-refractivity contribution in [2.75, 3.05) is 13.2 Å². The molecular formula is C20H23NO4. The van der Waals surface area contributed by atoms with E-state index in [2.05, 4.69) is 0 Å². The van der Waals surface area contributed by atoms with E-state index in [0.717, 1.165) is 5.56 Å². The van der Waals surface area contributed by atoms with Crippen LogP contribution in [0.5, 0.6) is 0 Å². The highest BCUT2D eigenvalue weighted by molar-refractivity contribution is 6.45. The van der Waals surface area contributed by atoms with Crippen LogP contribution in [0.4, 0.5) is 0 Å². The first-order valence-electron chi connectivity index (χ1n) is 8.71. The van der Waals surface area contributed by atoms with Crippen LogP contribution in [0.3, 0.4) is 0 Å². The standard InChI is InChI=1S/C20H23NO4/c1-4-10-15-13-19(18(23)25-6-3)16(22)17(24-5-2)21-20(15,19)14-11-8-7-9-12-14/h4,7-12,15H,5-6,13H2,1-3H3/b10-4-/t15-,19-,20-/m0/s1. The van der Waals surface area contributed by atoms with Crippen LogP contribution in [0.25, 0.3) is 0 Å². The second kappa shape index (κ2) is 6.47. The van der Waals surface area contributed by atoms with Crippen molar-refractivity contribution in [2.24, 2.45) is 16.3 Å². The van der Waals surface area contributed by atoms with Gasteiger partial charge in [0.15, 0.2) is 5.41 Å². The van der Waals surface area contributed by atoms with E-state index in [4.69, 9.17) is 14.5 Å². The fourth-order valence-corrected chi connectivity index (χ4v) is 4.13. The molecule has 1 aromatic carbocycles. The molecule has 5 nitrogen and oxygen atoms in total. The van der Waals surface area contributed by atoms with Gasteiger partial charge in [0.1, 0.15) is 5.54 Å². The van der Waals surface area contributed by atoms with Gasteiger partial charge in [-0.3, -0.25) is 9.59 Å². The molecule has 25 heavy (non-hydrogen) atoms. The molecule has 0 radical (unpaired) electrons. The predicted molar refractivity (Wildman–Crippen MR) is 94.2 cm³/mol. The number of ketones is 1. The molecule has 0 aromatic heterocycles. The number of Topliss-reactive ketones (excluding diaryl/α,β-unsaturated/α-hetero) is 1. The third-order valence-electron chi connectivity index (χ3n) is 5.12. The van der Waals surface area contributed by atoms with Crippen LogP contribution in [0.1, 0.15) is 32.8 Å². The van der Waals surface area contributed by atoms with E-state index in [9.17, 15) is 9.59 Å². The zero-order chi connectivity index (χ0) is 18.1. The second-order valence-electron chi connectivity index (χ2n) is 6.27. The first kappa shape index (κ1) is 17.4. The minimum Gasteiger partial charge on any atom is -0.476 e. The van der Waals surface area contributed by atoms with Gasteiger partial charge in [0.2, 0.25) is 5.78 Å². The Morgan fingerprint density at radius 1 is 1.28 bits per heavy atom. The number of esters is 1. The third-order valence-corrected chi connectivity index (χ3v) is 5.12. The maximum absolute atomic E-state index is 13.1. The molecule has 1 heterocycles. The minimum absolute atomic E-state index is 0.0337. The summed E-state index contributed by atoms with van der Waals surface area (Å²) in [5.74, 6) is -0.905. The van der Waals surface area contributed by atoms with E-state index in [-0.39, 0.29) is 24.2 Å². The molecule has 0 bridgehead atoms. The highest BCUT2D eigenvalue weighted by Crippen LogP contribution is 2.67. The molecule has 1 aliphatic carbocycles. The molecule has 1 saturated carbocycles. The summed E-state index contributed by atoms with van der Waals surface area (Å²) in [6.07, 6.45) is 4.32. The molecule has 0 amide bonds. The largest absolute Gasteiger partial charge is 0.476 e. The molecule has 0 unspecified atom stereocenters. The molecule has 3 rings (SSSR count). The summed E-state index contributed by atoms with van der Waals surface area (Å²) in [5.41, 5.74) is -1.49. The van der Waals surface area contributed by atoms with Gasteiger partial charge in [0, 0.05) is 5.92 Å². The van der Waals surface area contributed by atoms with Gasteiger partial charge in [-0.2, -0.15) is 0 Å². The van der Waals surface area contributed by atoms with Gasteiger partial charge in [-0.15, -0.1) is 0 Å². The molecule has 0 N–H and O–H groups in total. The van der Waals surface area contributed by atoms with Crippen LogP contribution in [-0.4, -0.2) is 30.9 Å². The molecule has 2 aliphatic rings. The summed E-state index contributed by atoms with van der Waals surface area (Å²) >= 11 is 0. The highest BCUT2D eigenvalue weighted by Gasteiger charge is 2.78. The molecule has 1 fully saturated rings. The van der Waals surface area contributed by atoms with Crippen LogP contribution in [0.15, 0.2) is 47.5 Å². The Labute approximate surface area is 147 Å². The molecule has 132 valence electrons. The lowest BCUT2D eigenvalue weighted by Crippen LogP contribution is -2.65. The van der Waals surface area contributed by atoms with Crippen LogP contribution >= 0.6 is 0 Å². The Kier molecular flexibility index (Phi) is 4.50. The summed E-state index contributed by atoms with van der Waals surface area (Å²) < 4.78 is 10.8. The van der Waals surface area contributed by atoms with Crippen molar-refractivity contribution in [3.8, 4) is 0 Å². The highest BCUT2D eigenvalue weighted by atomic mass is 16.5. The van der Waals surface area contributed by atoms with Gasteiger partial charge in [0.05, 0.1) is 13.2 Å². The maximum atomic E-state index is 13.1. The summed E-state index contributed by atoms with van der Waals surface area (Å²) in [6.45, 7) is 6.00. The maximum Gasteiger partial charge on any atom is 0.323 e. The normalized spacial score (nSPS) is 30.6. The van der Waals surface area contributed by atoms with Gasteiger partial charge in [-0.25, -0.2) is 4.99 Å². The van der Waals surface area contributed by atoms with Crippen LogP contribution in [0.2, 0.25) is 0 Å². The van der Waals surface area contributed by atoms with Crippen molar-refractivity contribution < 1.29 is 19.1 Å². The fraction of sp³-hybridized carbons (Fsp3) is 0.450. The number of nitrogens with zero attached hydrogens (tertiary/aromatic N) is 1. The lowest BCUT2D eigenvalue weighted by Gasteiger charge is -2.55. The summed E-state index contributed by atoms with van der Waals surface area (Å²) in [4.78, 5) is 30.8. The van der Waals surface area contributed by atoms with E-state index < -0.39 is 16.9 Å². The van der Waals surface area contributed by atoms with E-state index in [1.807, 2.05) is 49.4 Å². The number of rotatable bonds is 5. The molecule has 5 heteroatoms. The first-order chi connectivity index (χ1) is 12.1. The fourth-order valence-electron chi connectivity index (χ4n) is 4.13. The summed E-state index contributed by atoms with van der Waals surface area (Å²) in [5, 5.41) is 0. The molecule has 3 atom stereocenters. The lowest BCUT2D eigenvalue weighted by atomic mass is 9.46. The number of aliphatic imine (C=N–C) groups is 1. The number of hydrogen-bond acceptors (Lipinski definition) is 5. The van der Waals surface area contributed by atoms with Crippen molar-refractivity contribution in [2.45, 2.75) is 32.7 Å². The molecule has 0 spiro atoms. The monoisotopic (exact) mass is 341 g/mol. The van der Waals surface area contributed by atoms with Gasteiger partial charge in [-0.05, 0) is 32.8 Å². The average molecular weight is 341 g/mol. The Morgan fingerprint density at radius 2 is 2.00 bits per heavy atom. The molecule has 1 aliphatic heterocycles. The summed E-state index contributed by atoms with van der Waals surface area (Å²) in [7, 11) is 0. The number of carbonyl (C=O) groups is 2. The van der Waals surface area contributed by atoms with Gasteiger partial charge in [0.25, 0.3) is 5.90 Å². The number of fused-ring (bicyclic) bond motifs is 1. The molecule has 1 aromatic rings. The van der Waals surface area contributed by atoms with E-state index >= 15 is 0 Å². The van der Waals surface area contributed by atoms with E-state index in [1.165, 1.54) is 0 Å². The van der Waals surface area contributed by atoms with Crippen molar-refractivity contribution in [1.29, 1.82) is 0 Å². The number of ether oxygens (including phenoxy) is 2. The minimum atomic E-state index is -1.33. The second-order valence-corrected chi connectivity index (χ2v) is 6.27. The number of benzene rings is 1. The van der Waals surface area contributed by atoms with Gasteiger partial charge >= 0.3 is 5.97 Å².